The number of hydrogen-bond donors (Lipinski definition) is 0. The average Bonchev–Trinajstić information content (AvgIpc) is 3.52. The highest BCUT2D eigenvalue weighted by atomic mass is 32.1. The van der Waals surface area contributed by atoms with Crippen molar-refractivity contribution < 1.29 is 14.0 Å². The van der Waals surface area contributed by atoms with Crippen LogP contribution in [0.1, 0.15) is 43.2 Å². The summed E-state index contributed by atoms with van der Waals surface area (Å²) in [6.07, 6.45) is 1.59. The van der Waals surface area contributed by atoms with Crippen molar-refractivity contribution in [3.8, 4) is 0 Å². The van der Waals surface area contributed by atoms with Crippen LogP contribution < -0.4 is 4.90 Å². The molecule has 6 heteroatoms. The fraction of sp³-hybridized carbons (Fsp3) is 0.107. The largest absolute Gasteiger partial charge is 0.467 e. The Morgan fingerprint density at radius 1 is 0.882 bits per heavy atom. The Hall–Kier alpha value is -4.03. The zero-order chi connectivity index (χ0) is 23.7. The molecule has 0 fully saturated rings. The fourth-order valence-corrected chi connectivity index (χ4v) is 5.07. The maximum atomic E-state index is 13.6. The van der Waals surface area contributed by atoms with Crippen LogP contribution in [0.4, 0.5) is 5.13 Å². The van der Waals surface area contributed by atoms with Gasteiger partial charge in [0, 0.05) is 16.7 Å². The van der Waals surface area contributed by atoms with Crippen LogP contribution in [0.15, 0.2) is 89.5 Å². The smallest absolute Gasteiger partial charge is 0.260 e. The Kier molecular flexibility index (Phi) is 5.82. The lowest BCUT2D eigenvalue weighted by Gasteiger charge is -2.19. The molecule has 5 nitrogen and oxygen atoms in total. The molecule has 5 rings (SSSR count). The topological polar surface area (TPSA) is 63.4 Å². The van der Waals surface area contributed by atoms with Crippen LogP contribution in [0.2, 0.25) is 0 Å². The Labute approximate surface area is 201 Å². The van der Waals surface area contributed by atoms with Crippen LogP contribution in [0.25, 0.3) is 10.2 Å². The number of fused-ring (bicyclic) bond motifs is 1. The summed E-state index contributed by atoms with van der Waals surface area (Å²) in [6.45, 7) is 4.34. The molecular weight excluding hydrogens is 444 g/mol. The lowest BCUT2D eigenvalue weighted by molar-refractivity contribution is 0.0981. The highest BCUT2D eigenvalue weighted by Gasteiger charge is 2.23. The molecule has 0 spiro atoms. The van der Waals surface area contributed by atoms with Crippen LogP contribution in [0.5, 0.6) is 0 Å². The normalized spacial score (nSPS) is 11.0. The summed E-state index contributed by atoms with van der Waals surface area (Å²) in [6, 6.07) is 23.7. The van der Waals surface area contributed by atoms with E-state index in [9.17, 15) is 9.59 Å². The van der Waals surface area contributed by atoms with Crippen LogP contribution in [-0.2, 0) is 6.54 Å². The van der Waals surface area contributed by atoms with E-state index in [1.165, 1.54) is 11.3 Å². The van der Waals surface area contributed by atoms with E-state index in [1.807, 2.05) is 31.2 Å². The van der Waals surface area contributed by atoms with Gasteiger partial charge in [0.25, 0.3) is 5.91 Å². The monoisotopic (exact) mass is 466 g/mol. The first-order chi connectivity index (χ1) is 16.5. The molecule has 5 aromatic rings. The third-order valence-electron chi connectivity index (χ3n) is 5.62. The molecule has 1 amide bonds. The molecule has 0 saturated heterocycles. The molecule has 0 aliphatic heterocycles. The minimum Gasteiger partial charge on any atom is -0.467 e. The third kappa shape index (κ3) is 4.28. The van der Waals surface area contributed by atoms with Crippen molar-refractivity contribution in [2.24, 2.45) is 0 Å². The van der Waals surface area contributed by atoms with E-state index in [4.69, 9.17) is 9.40 Å². The van der Waals surface area contributed by atoms with Crippen molar-refractivity contribution in [3.05, 3.63) is 119 Å². The van der Waals surface area contributed by atoms with Crippen LogP contribution in [0.3, 0.4) is 0 Å². The maximum Gasteiger partial charge on any atom is 0.260 e. The molecule has 168 valence electrons. The predicted molar refractivity (Wildman–Crippen MR) is 135 cm³/mol. The molecule has 34 heavy (non-hydrogen) atoms. The van der Waals surface area contributed by atoms with Crippen LogP contribution >= 0.6 is 11.3 Å². The quantitative estimate of drug-likeness (QED) is 0.265. The molecular formula is C28H22N2O3S. The Morgan fingerprint density at radius 2 is 1.59 bits per heavy atom. The lowest BCUT2D eigenvalue weighted by Crippen LogP contribution is -2.30. The van der Waals surface area contributed by atoms with Crippen molar-refractivity contribution >= 4 is 38.4 Å². The molecule has 0 unspecified atom stereocenters. The fourth-order valence-electron chi connectivity index (χ4n) is 3.94. The molecule has 2 heterocycles. The minimum atomic E-state index is -0.205. The molecule has 0 radical (unpaired) electrons. The second kappa shape index (κ2) is 9.08. The summed E-state index contributed by atoms with van der Waals surface area (Å²) in [5.74, 6) is 0.379. The minimum absolute atomic E-state index is 0.0796. The number of carbonyl (C=O) groups excluding carboxylic acids is 2. The zero-order valence-corrected chi connectivity index (χ0v) is 19.6. The van der Waals surface area contributed by atoms with Gasteiger partial charge in [-0.3, -0.25) is 14.5 Å². The molecule has 3 aromatic carbocycles. The Bertz CT molecular complexity index is 1470. The first-order valence-electron chi connectivity index (χ1n) is 10.9. The van der Waals surface area contributed by atoms with Gasteiger partial charge in [-0.1, -0.05) is 59.9 Å². The summed E-state index contributed by atoms with van der Waals surface area (Å²) >= 11 is 1.48. The van der Waals surface area contributed by atoms with Crippen LogP contribution in [-0.4, -0.2) is 16.7 Å². The van der Waals surface area contributed by atoms with E-state index < -0.39 is 0 Å². The van der Waals surface area contributed by atoms with Gasteiger partial charge < -0.3 is 4.42 Å². The molecule has 0 bridgehead atoms. The van der Waals surface area contributed by atoms with E-state index >= 15 is 0 Å². The van der Waals surface area contributed by atoms with E-state index in [1.54, 1.807) is 53.6 Å². The van der Waals surface area contributed by atoms with E-state index in [0.29, 0.717) is 27.6 Å². The Morgan fingerprint density at radius 3 is 2.29 bits per heavy atom. The number of furan rings is 1. The number of hydrogen-bond acceptors (Lipinski definition) is 5. The molecule has 0 N–H and O–H groups in total. The molecule has 0 aliphatic rings. The van der Waals surface area contributed by atoms with Gasteiger partial charge in [-0.05, 0) is 55.3 Å². The van der Waals surface area contributed by atoms with Gasteiger partial charge in [-0.25, -0.2) is 4.98 Å². The number of aromatic nitrogens is 1. The maximum absolute atomic E-state index is 13.6. The van der Waals surface area contributed by atoms with Gasteiger partial charge in [0.1, 0.15) is 5.76 Å². The Balaban J connectivity index is 1.49. The number of benzene rings is 3. The number of carbonyl (C=O) groups is 2. The van der Waals surface area contributed by atoms with Crippen LogP contribution in [0, 0.1) is 13.8 Å². The third-order valence-corrected chi connectivity index (χ3v) is 6.64. The standard InChI is InChI=1S/C28H22N2O3S/c1-18-15-19(2)25-24(16-18)34-28(29-25)30(17-23-9-6-14-33-23)27(32)22-12-10-21(11-13-22)26(31)20-7-4-3-5-8-20/h3-16H,17H2,1-2H3. The second-order valence-corrected chi connectivity index (χ2v) is 9.18. The second-order valence-electron chi connectivity index (χ2n) is 8.17. The first-order valence-corrected chi connectivity index (χ1v) is 11.7. The van der Waals surface area contributed by atoms with Gasteiger partial charge in [-0.15, -0.1) is 0 Å². The summed E-state index contributed by atoms with van der Waals surface area (Å²) in [5, 5.41) is 0.606. The van der Waals surface area contributed by atoms with Crippen molar-refractivity contribution in [3.63, 3.8) is 0 Å². The van der Waals surface area contributed by atoms with Gasteiger partial charge in [0.2, 0.25) is 0 Å². The molecule has 0 atom stereocenters. The molecule has 0 aliphatic carbocycles. The van der Waals surface area contributed by atoms with E-state index in [-0.39, 0.29) is 18.2 Å². The number of aryl methyl sites for hydroxylation is 2. The highest BCUT2D eigenvalue weighted by Crippen LogP contribution is 2.33. The van der Waals surface area contributed by atoms with Crippen molar-refractivity contribution in [1.29, 1.82) is 0 Å². The highest BCUT2D eigenvalue weighted by molar-refractivity contribution is 7.22. The summed E-state index contributed by atoms with van der Waals surface area (Å²) in [4.78, 5) is 32.8. The number of anilines is 1. The predicted octanol–water partition coefficient (Wildman–Crippen LogP) is 6.58. The van der Waals surface area contributed by atoms with E-state index in [0.717, 1.165) is 21.3 Å². The van der Waals surface area contributed by atoms with E-state index in [2.05, 4.69) is 19.1 Å². The van der Waals surface area contributed by atoms with Gasteiger partial charge in [-0.2, -0.15) is 0 Å². The van der Waals surface area contributed by atoms with Gasteiger partial charge in [0.05, 0.1) is 23.0 Å². The number of ketones is 1. The number of thiazole rings is 1. The lowest BCUT2D eigenvalue weighted by atomic mass is 10.0. The SMILES string of the molecule is Cc1cc(C)c2nc(N(Cc3ccco3)C(=O)c3ccc(C(=O)c4ccccc4)cc3)sc2c1. The zero-order valence-electron chi connectivity index (χ0n) is 18.8. The van der Waals surface area contributed by atoms with Gasteiger partial charge in [0.15, 0.2) is 10.9 Å². The van der Waals surface area contributed by atoms with Crippen molar-refractivity contribution in [2.45, 2.75) is 20.4 Å². The molecule has 2 aromatic heterocycles. The number of rotatable bonds is 6. The summed E-state index contributed by atoms with van der Waals surface area (Å²) < 4.78 is 6.56. The molecule has 0 saturated carbocycles. The first kappa shape index (κ1) is 21.8. The van der Waals surface area contributed by atoms with Crippen molar-refractivity contribution in [1.82, 2.24) is 4.98 Å². The summed E-state index contributed by atoms with van der Waals surface area (Å²) in [5.41, 5.74) is 4.75. The number of amides is 1. The number of nitrogens with zero attached hydrogens (tertiary/aromatic N) is 2. The summed E-state index contributed by atoms with van der Waals surface area (Å²) in [7, 11) is 0. The average molecular weight is 467 g/mol. The van der Waals surface area contributed by atoms with Gasteiger partial charge >= 0.3 is 0 Å². The van der Waals surface area contributed by atoms with Crippen molar-refractivity contribution in [2.75, 3.05) is 4.90 Å².